The van der Waals surface area contributed by atoms with Crippen molar-refractivity contribution in [3.63, 3.8) is 0 Å². The van der Waals surface area contributed by atoms with Gasteiger partial charge in [-0.2, -0.15) is 0 Å². The number of carbonyl (C=O) groups is 1. The first-order valence-electron chi connectivity index (χ1n) is 6.01. The quantitative estimate of drug-likeness (QED) is 0.908. The first-order chi connectivity index (χ1) is 9.01. The average molecular weight is 348 g/mol. The van der Waals surface area contributed by atoms with E-state index in [-0.39, 0.29) is 18.1 Å². The summed E-state index contributed by atoms with van der Waals surface area (Å²) in [5.41, 5.74) is 6.49. The second-order valence-electron chi connectivity index (χ2n) is 4.68. The number of hydrogen-bond acceptors (Lipinski definition) is 3. The molecule has 6 heteroatoms. The van der Waals surface area contributed by atoms with Crippen molar-refractivity contribution in [2.75, 3.05) is 13.7 Å². The van der Waals surface area contributed by atoms with Gasteiger partial charge in [-0.15, -0.1) is 0 Å². The predicted molar refractivity (Wildman–Crippen MR) is 78.0 cm³/mol. The zero-order chi connectivity index (χ0) is 14.0. The van der Waals surface area contributed by atoms with Crippen molar-refractivity contribution >= 4 is 33.4 Å². The Kier molecular flexibility index (Phi) is 4.84. The molecule has 1 fully saturated rings. The van der Waals surface area contributed by atoms with E-state index in [1.54, 1.807) is 7.11 Å². The summed E-state index contributed by atoms with van der Waals surface area (Å²) in [4.78, 5) is 13.5. The topological polar surface area (TPSA) is 55.6 Å². The molecule has 0 aliphatic carbocycles. The number of halogens is 2. The molecule has 1 amide bonds. The molecule has 104 valence electrons. The van der Waals surface area contributed by atoms with Crippen molar-refractivity contribution < 1.29 is 9.53 Å². The van der Waals surface area contributed by atoms with Crippen LogP contribution in [0.15, 0.2) is 22.7 Å². The Morgan fingerprint density at radius 2 is 2.37 bits per heavy atom. The second-order valence-corrected chi connectivity index (χ2v) is 5.97. The van der Waals surface area contributed by atoms with Crippen LogP contribution in [-0.2, 0) is 16.1 Å². The van der Waals surface area contributed by atoms with Crippen LogP contribution in [0.25, 0.3) is 0 Å². The summed E-state index contributed by atoms with van der Waals surface area (Å²) in [5.74, 6) is -0.308. The molecule has 0 radical (unpaired) electrons. The summed E-state index contributed by atoms with van der Waals surface area (Å²) in [6, 6.07) is 5.34. The van der Waals surface area contributed by atoms with E-state index in [9.17, 15) is 4.79 Å². The van der Waals surface area contributed by atoms with E-state index < -0.39 is 0 Å². The van der Waals surface area contributed by atoms with Crippen LogP contribution in [0.2, 0.25) is 5.02 Å². The fourth-order valence-electron chi connectivity index (χ4n) is 2.39. The van der Waals surface area contributed by atoms with Gasteiger partial charge in [-0.1, -0.05) is 27.5 Å². The van der Waals surface area contributed by atoms with Gasteiger partial charge in [0.25, 0.3) is 0 Å². The van der Waals surface area contributed by atoms with Crippen LogP contribution in [0.1, 0.15) is 12.0 Å². The fraction of sp³-hybridized carbons (Fsp3) is 0.462. The molecule has 1 aromatic carbocycles. The van der Waals surface area contributed by atoms with Crippen molar-refractivity contribution in [3.05, 3.63) is 33.3 Å². The average Bonchev–Trinajstić information content (AvgIpc) is 2.77. The van der Waals surface area contributed by atoms with Crippen molar-refractivity contribution in [3.8, 4) is 0 Å². The zero-order valence-electron chi connectivity index (χ0n) is 10.6. The standard InChI is InChI=1S/C13H16BrClN2O2/c1-19-10-5-12(13(16)18)17(7-10)6-8-4-9(15)2-3-11(8)14/h2-4,10,12H,5-7H2,1H3,(H2,16,18)/t10-,12-/m0/s1. The lowest BCUT2D eigenvalue weighted by atomic mass is 10.1. The van der Waals surface area contributed by atoms with Gasteiger partial charge in [-0.3, -0.25) is 9.69 Å². The van der Waals surface area contributed by atoms with Gasteiger partial charge in [0.1, 0.15) is 0 Å². The van der Waals surface area contributed by atoms with E-state index in [0.29, 0.717) is 24.5 Å². The van der Waals surface area contributed by atoms with E-state index in [2.05, 4.69) is 15.9 Å². The Morgan fingerprint density at radius 3 is 3.00 bits per heavy atom. The molecule has 19 heavy (non-hydrogen) atoms. The number of methoxy groups -OCH3 is 1. The van der Waals surface area contributed by atoms with E-state index in [1.807, 2.05) is 23.1 Å². The van der Waals surface area contributed by atoms with Crippen LogP contribution in [0.4, 0.5) is 0 Å². The van der Waals surface area contributed by atoms with Gasteiger partial charge in [0.05, 0.1) is 12.1 Å². The van der Waals surface area contributed by atoms with Crippen molar-refractivity contribution in [1.29, 1.82) is 0 Å². The first-order valence-corrected chi connectivity index (χ1v) is 7.18. The van der Waals surface area contributed by atoms with Gasteiger partial charge in [0.2, 0.25) is 5.91 Å². The number of amides is 1. The number of benzene rings is 1. The minimum Gasteiger partial charge on any atom is -0.380 e. The number of hydrogen-bond donors (Lipinski definition) is 1. The number of ether oxygens (including phenoxy) is 1. The van der Waals surface area contributed by atoms with Gasteiger partial charge in [0.15, 0.2) is 0 Å². The Hall–Kier alpha value is -0.620. The molecule has 1 aliphatic heterocycles. The highest BCUT2D eigenvalue weighted by atomic mass is 79.9. The predicted octanol–water partition coefficient (Wildman–Crippen LogP) is 2.18. The Labute approximate surface area is 126 Å². The summed E-state index contributed by atoms with van der Waals surface area (Å²) in [7, 11) is 1.65. The van der Waals surface area contributed by atoms with Crippen LogP contribution < -0.4 is 5.73 Å². The number of primary amides is 1. The molecular weight excluding hydrogens is 332 g/mol. The minimum atomic E-state index is -0.308. The molecular formula is C13H16BrClN2O2. The van der Waals surface area contributed by atoms with Crippen LogP contribution in [0.3, 0.4) is 0 Å². The summed E-state index contributed by atoms with van der Waals surface area (Å²) in [6.45, 7) is 1.32. The van der Waals surface area contributed by atoms with Gasteiger partial charge in [0, 0.05) is 29.7 Å². The summed E-state index contributed by atoms with van der Waals surface area (Å²) in [5, 5.41) is 0.677. The molecule has 1 aromatic rings. The Bertz CT molecular complexity index is 484. The normalized spacial score (nSPS) is 23.7. The fourth-order valence-corrected chi connectivity index (χ4v) is 2.95. The highest BCUT2D eigenvalue weighted by molar-refractivity contribution is 9.10. The van der Waals surface area contributed by atoms with Gasteiger partial charge >= 0.3 is 0 Å². The number of nitrogens with zero attached hydrogens (tertiary/aromatic N) is 1. The summed E-state index contributed by atoms with van der Waals surface area (Å²) >= 11 is 9.50. The zero-order valence-corrected chi connectivity index (χ0v) is 12.9. The van der Waals surface area contributed by atoms with Crippen molar-refractivity contribution in [1.82, 2.24) is 4.90 Å². The highest BCUT2D eigenvalue weighted by Crippen LogP contribution is 2.27. The van der Waals surface area contributed by atoms with Gasteiger partial charge in [-0.05, 0) is 30.2 Å². The van der Waals surface area contributed by atoms with Crippen molar-refractivity contribution in [2.45, 2.75) is 25.1 Å². The van der Waals surface area contributed by atoms with E-state index >= 15 is 0 Å². The summed E-state index contributed by atoms with van der Waals surface area (Å²) < 4.78 is 6.30. The lowest BCUT2D eigenvalue weighted by Crippen LogP contribution is -2.39. The Morgan fingerprint density at radius 1 is 1.63 bits per heavy atom. The molecule has 2 rings (SSSR count). The second kappa shape index (κ2) is 6.22. The third-order valence-corrected chi connectivity index (χ3v) is 4.42. The largest absolute Gasteiger partial charge is 0.380 e. The Balaban J connectivity index is 2.16. The maximum Gasteiger partial charge on any atom is 0.234 e. The lowest BCUT2D eigenvalue weighted by molar-refractivity contribution is -0.122. The highest BCUT2D eigenvalue weighted by Gasteiger charge is 2.35. The monoisotopic (exact) mass is 346 g/mol. The van der Waals surface area contributed by atoms with Crippen LogP contribution >= 0.6 is 27.5 Å². The lowest BCUT2D eigenvalue weighted by Gasteiger charge is -2.22. The maximum absolute atomic E-state index is 11.5. The molecule has 1 aliphatic rings. The SMILES string of the molecule is CO[C@H]1C[C@@H](C(N)=O)N(Cc2cc(Cl)ccc2Br)C1. The van der Waals surface area contributed by atoms with E-state index in [4.69, 9.17) is 22.1 Å². The molecule has 0 unspecified atom stereocenters. The maximum atomic E-state index is 11.5. The van der Waals surface area contributed by atoms with Crippen LogP contribution in [0.5, 0.6) is 0 Å². The van der Waals surface area contributed by atoms with Crippen LogP contribution in [0, 0.1) is 0 Å². The van der Waals surface area contributed by atoms with E-state index in [0.717, 1.165) is 10.0 Å². The first kappa shape index (κ1) is 14.8. The third-order valence-electron chi connectivity index (χ3n) is 3.41. The molecule has 1 saturated heterocycles. The molecule has 1 heterocycles. The van der Waals surface area contributed by atoms with Crippen molar-refractivity contribution in [2.24, 2.45) is 5.73 Å². The molecule has 2 N–H and O–H groups in total. The smallest absolute Gasteiger partial charge is 0.234 e. The molecule has 0 bridgehead atoms. The summed E-state index contributed by atoms with van der Waals surface area (Å²) in [6.07, 6.45) is 0.694. The van der Waals surface area contributed by atoms with Crippen LogP contribution in [-0.4, -0.2) is 36.6 Å². The van der Waals surface area contributed by atoms with E-state index in [1.165, 1.54) is 0 Å². The molecule has 0 spiro atoms. The number of carbonyl (C=O) groups excluding carboxylic acids is 1. The molecule has 0 saturated carbocycles. The number of nitrogens with two attached hydrogens (primary N) is 1. The third kappa shape index (κ3) is 3.48. The molecule has 0 aromatic heterocycles. The van der Waals surface area contributed by atoms with Gasteiger partial charge in [-0.25, -0.2) is 0 Å². The molecule has 4 nitrogen and oxygen atoms in total. The van der Waals surface area contributed by atoms with Gasteiger partial charge < -0.3 is 10.5 Å². The molecule has 2 atom stereocenters. The number of rotatable bonds is 4. The minimum absolute atomic E-state index is 0.0514. The number of likely N-dealkylation sites (tertiary alicyclic amines) is 1.